The minimum atomic E-state index is 1.15. The van der Waals surface area contributed by atoms with Crippen molar-refractivity contribution >= 4 is 43.1 Å². The van der Waals surface area contributed by atoms with E-state index >= 15 is 0 Å². The van der Waals surface area contributed by atoms with E-state index in [1.807, 2.05) is 13.8 Å². The van der Waals surface area contributed by atoms with Gasteiger partial charge in [-0.1, -0.05) is 13.8 Å². The minimum Gasteiger partial charge on any atom is -0.0683 e. The van der Waals surface area contributed by atoms with E-state index in [4.69, 9.17) is 0 Å². The molecule has 0 saturated carbocycles. The average molecular weight is 403 g/mol. The molecule has 0 heteroatoms. The van der Waals surface area contributed by atoms with Crippen molar-refractivity contribution in [1.29, 1.82) is 0 Å². The van der Waals surface area contributed by atoms with Crippen LogP contribution in [0.4, 0.5) is 0 Å². The second-order valence-corrected chi connectivity index (χ2v) is 10.2. The number of fused-ring (bicyclic) bond motifs is 1. The van der Waals surface area contributed by atoms with Gasteiger partial charge in [-0.05, 0) is 171 Å². The molecule has 0 bridgehead atoms. The van der Waals surface area contributed by atoms with Gasteiger partial charge in [0.05, 0.1) is 0 Å². The lowest BCUT2D eigenvalue weighted by molar-refractivity contribution is 1.06. The first-order valence-corrected chi connectivity index (χ1v) is 12.1. The van der Waals surface area contributed by atoms with Crippen LogP contribution in [0.2, 0.25) is 0 Å². The van der Waals surface area contributed by atoms with Crippen LogP contribution in [0, 0.1) is 41.5 Å². The SMILES string of the molecule is CC.Cc1c2c3c(c(C)c4c5c6c(c(C)c7c8c(c(C)c(C)c(c(c1C)c35)c86)C7)C4)C2. The Morgan fingerprint density at radius 2 is 0.581 bits per heavy atom. The van der Waals surface area contributed by atoms with E-state index in [0.717, 1.165) is 6.42 Å². The lowest BCUT2D eigenvalue weighted by Gasteiger charge is -2.33. The van der Waals surface area contributed by atoms with Gasteiger partial charge >= 0.3 is 0 Å². The molecule has 0 aliphatic heterocycles. The molecule has 5 aromatic rings. The van der Waals surface area contributed by atoms with Crippen LogP contribution in [0.1, 0.15) is 80.6 Å². The number of aryl methyl sites for hydroxylation is 2. The summed E-state index contributed by atoms with van der Waals surface area (Å²) in [5, 5.41) is 12.9. The summed E-state index contributed by atoms with van der Waals surface area (Å²) in [5.74, 6) is 0. The Labute approximate surface area is 184 Å². The van der Waals surface area contributed by atoms with Gasteiger partial charge in [0.15, 0.2) is 0 Å². The van der Waals surface area contributed by atoms with Crippen LogP contribution in [0.25, 0.3) is 43.1 Å². The van der Waals surface area contributed by atoms with Gasteiger partial charge in [0.25, 0.3) is 0 Å². The maximum Gasteiger partial charge on any atom is -0.000752 e. The Morgan fingerprint density at radius 3 is 0.935 bits per heavy atom. The summed E-state index contributed by atoms with van der Waals surface area (Å²) >= 11 is 0. The molecule has 0 N–H and O–H groups in total. The minimum absolute atomic E-state index is 1.15. The molecule has 0 fully saturated rings. The van der Waals surface area contributed by atoms with Crippen molar-refractivity contribution in [3.05, 3.63) is 66.8 Å². The highest BCUT2D eigenvalue weighted by Gasteiger charge is 2.37. The topological polar surface area (TPSA) is 0 Å². The zero-order chi connectivity index (χ0) is 21.7. The zero-order valence-electron chi connectivity index (χ0n) is 20.1. The largest absolute Gasteiger partial charge is 0.0683 e. The van der Waals surface area contributed by atoms with Gasteiger partial charge in [-0.3, -0.25) is 0 Å². The third-order valence-corrected chi connectivity index (χ3v) is 9.46. The predicted molar refractivity (Wildman–Crippen MR) is 136 cm³/mol. The van der Waals surface area contributed by atoms with E-state index in [0.29, 0.717) is 0 Å². The molecule has 31 heavy (non-hydrogen) atoms. The van der Waals surface area contributed by atoms with Crippen molar-refractivity contribution in [2.45, 2.75) is 74.7 Å². The highest BCUT2D eigenvalue weighted by molar-refractivity contribution is 6.39. The standard InChI is InChI=1S/C29H24.C2H6/c1-10-12(3)22-23-13(4)11(2)17-8-19-15(6)21-9-20-14(5)18-7-16(10)24(18)28(22)26(20)27(21)29(23)25(17)19;1-2/h7-9H2,1-6H3;1-2H3. The zero-order valence-corrected chi connectivity index (χ0v) is 20.1. The third kappa shape index (κ3) is 1.59. The Morgan fingerprint density at radius 1 is 0.290 bits per heavy atom. The molecule has 0 radical (unpaired) electrons. The summed E-state index contributed by atoms with van der Waals surface area (Å²) in [4.78, 5) is 0. The van der Waals surface area contributed by atoms with E-state index in [1.54, 1.807) is 98.7 Å². The van der Waals surface area contributed by atoms with Crippen LogP contribution < -0.4 is 0 Å². The molecule has 0 heterocycles. The first kappa shape index (κ1) is 18.0. The fourth-order valence-corrected chi connectivity index (χ4v) is 7.53. The Hall–Kier alpha value is -2.60. The fraction of sp³-hybridized carbons (Fsp3) is 0.355. The second kappa shape index (κ2) is 5.23. The highest BCUT2D eigenvalue weighted by atomic mass is 14.4. The summed E-state index contributed by atoms with van der Waals surface area (Å²) in [6.45, 7) is 18.3. The van der Waals surface area contributed by atoms with Crippen molar-refractivity contribution in [2.75, 3.05) is 0 Å². The Bertz CT molecular complexity index is 1560. The third-order valence-electron chi connectivity index (χ3n) is 9.46. The average Bonchev–Trinajstić information content (AvgIpc) is 3.12. The van der Waals surface area contributed by atoms with Crippen LogP contribution in [0.3, 0.4) is 0 Å². The van der Waals surface area contributed by atoms with Gasteiger partial charge in [-0.2, -0.15) is 0 Å². The van der Waals surface area contributed by atoms with Crippen molar-refractivity contribution < 1.29 is 0 Å². The lowest BCUT2D eigenvalue weighted by atomic mass is 9.70. The van der Waals surface area contributed by atoms with E-state index in [-0.39, 0.29) is 0 Å². The van der Waals surface area contributed by atoms with Crippen molar-refractivity contribution in [1.82, 2.24) is 0 Å². The first-order valence-electron chi connectivity index (χ1n) is 12.1. The number of hydrogen-bond acceptors (Lipinski definition) is 0. The molecule has 154 valence electrons. The molecular formula is C31H30. The molecule has 3 aliphatic rings. The van der Waals surface area contributed by atoms with Gasteiger partial charge in [0, 0.05) is 0 Å². The van der Waals surface area contributed by atoms with Crippen molar-refractivity contribution in [3.63, 3.8) is 0 Å². The summed E-state index contributed by atoms with van der Waals surface area (Å²) in [5.41, 5.74) is 19.2. The normalized spacial score (nSPS) is 14.7. The molecule has 0 nitrogen and oxygen atoms in total. The van der Waals surface area contributed by atoms with E-state index in [1.165, 1.54) is 24.0 Å². The monoisotopic (exact) mass is 402 g/mol. The lowest BCUT2D eigenvalue weighted by Crippen LogP contribution is -2.14. The fourth-order valence-electron chi connectivity index (χ4n) is 7.53. The predicted octanol–water partition coefficient (Wildman–Crippen LogP) is 8.33. The van der Waals surface area contributed by atoms with Crippen LogP contribution in [-0.4, -0.2) is 0 Å². The van der Waals surface area contributed by atoms with Crippen molar-refractivity contribution in [2.24, 2.45) is 0 Å². The second-order valence-electron chi connectivity index (χ2n) is 10.2. The number of benzene rings is 5. The van der Waals surface area contributed by atoms with Gasteiger partial charge in [-0.25, -0.2) is 0 Å². The van der Waals surface area contributed by atoms with Gasteiger partial charge in [0.2, 0.25) is 0 Å². The van der Waals surface area contributed by atoms with E-state index in [9.17, 15) is 0 Å². The van der Waals surface area contributed by atoms with E-state index in [2.05, 4.69) is 41.5 Å². The van der Waals surface area contributed by atoms with E-state index < -0.39 is 0 Å². The molecule has 0 spiro atoms. The molecular weight excluding hydrogens is 372 g/mol. The smallest absolute Gasteiger partial charge is 0.000752 e. The molecule has 8 rings (SSSR count). The maximum absolute atomic E-state index is 2.40. The molecule has 3 aliphatic carbocycles. The summed E-state index contributed by atoms with van der Waals surface area (Å²) in [7, 11) is 0. The first-order chi connectivity index (χ1) is 14.9. The Balaban J connectivity index is 0.000000834. The molecule has 0 saturated heterocycles. The molecule has 0 amide bonds. The van der Waals surface area contributed by atoms with Crippen LogP contribution in [0.5, 0.6) is 0 Å². The van der Waals surface area contributed by atoms with Crippen LogP contribution >= 0.6 is 0 Å². The Kier molecular flexibility index (Phi) is 3.04. The quantitative estimate of drug-likeness (QED) is 0.177. The molecule has 5 aromatic carbocycles. The number of hydrogen-bond donors (Lipinski definition) is 0. The molecule has 0 atom stereocenters. The van der Waals surface area contributed by atoms with Crippen LogP contribution in [-0.2, 0) is 19.3 Å². The van der Waals surface area contributed by atoms with Gasteiger partial charge < -0.3 is 0 Å². The maximum atomic E-state index is 2.40. The molecule has 0 unspecified atom stereocenters. The summed E-state index contributed by atoms with van der Waals surface area (Å²) in [6.07, 6.45) is 3.51. The van der Waals surface area contributed by atoms with Crippen LogP contribution in [0.15, 0.2) is 0 Å². The molecule has 0 aromatic heterocycles. The number of rotatable bonds is 0. The summed E-state index contributed by atoms with van der Waals surface area (Å²) < 4.78 is 0. The highest BCUT2D eigenvalue weighted by Crippen LogP contribution is 2.58. The van der Waals surface area contributed by atoms with Gasteiger partial charge in [0.1, 0.15) is 0 Å². The summed E-state index contributed by atoms with van der Waals surface area (Å²) in [6, 6.07) is 0. The van der Waals surface area contributed by atoms with Gasteiger partial charge in [-0.15, -0.1) is 0 Å². The van der Waals surface area contributed by atoms with Crippen molar-refractivity contribution in [3.8, 4) is 0 Å².